The highest BCUT2D eigenvalue weighted by atomic mass is 16.5. The van der Waals surface area contributed by atoms with Gasteiger partial charge in [0.2, 0.25) is 17.7 Å². The largest absolute Gasteiger partial charge is 0.350 e. The summed E-state index contributed by atoms with van der Waals surface area (Å²) < 4.78 is 0. The number of rotatable bonds is 10. The van der Waals surface area contributed by atoms with Crippen LogP contribution in [0.3, 0.4) is 0 Å². The summed E-state index contributed by atoms with van der Waals surface area (Å²) in [6.07, 6.45) is 1.04. The van der Waals surface area contributed by atoms with Crippen LogP contribution in [0.1, 0.15) is 55.0 Å². The Balaban J connectivity index is 1.60. The Bertz CT molecular complexity index is 1270. The Hall–Kier alpha value is -3.97. The lowest BCUT2D eigenvalue weighted by atomic mass is 9.92. The highest BCUT2D eigenvalue weighted by Crippen LogP contribution is 2.37. The molecule has 0 spiro atoms. The minimum atomic E-state index is -0.933. The summed E-state index contributed by atoms with van der Waals surface area (Å²) >= 11 is 0. The van der Waals surface area contributed by atoms with E-state index in [4.69, 9.17) is 5.21 Å². The maximum Gasteiger partial charge on any atom is 0.247 e. The van der Waals surface area contributed by atoms with Crippen LogP contribution >= 0.6 is 0 Å². The van der Waals surface area contributed by atoms with Gasteiger partial charge in [0.15, 0.2) is 0 Å². The molecule has 7 heteroatoms. The standard InChI is InChI=1S/C30H33N3O4/c1-19(2)14-24(17-27(34)33-37)29(35)32-28(30(36)31-18-20-8-4-3-5-9-20)22-12-13-26-23(16-22)15-21-10-6-7-11-25(21)26/h3-13,16,19,24,28,37H,14-15,17-18H2,1-2H3,(H,31,36)(H,32,35)(H,33,34)/t24-,28?/m1/s1. The number of fused-ring (bicyclic) bond motifs is 3. The molecular weight excluding hydrogens is 466 g/mol. The van der Waals surface area contributed by atoms with E-state index in [-0.39, 0.29) is 18.2 Å². The van der Waals surface area contributed by atoms with Gasteiger partial charge in [-0.15, -0.1) is 0 Å². The summed E-state index contributed by atoms with van der Waals surface area (Å²) in [5.74, 6) is -1.91. The monoisotopic (exact) mass is 499 g/mol. The molecule has 4 N–H and O–H groups in total. The molecule has 0 bridgehead atoms. The first-order chi connectivity index (χ1) is 17.9. The van der Waals surface area contributed by atoms with E-state index in [2.05, 4.69) is 22.8 Å². The lowest BCUT2D eigenvalue weighted by Crippen LogP contribution is -2.43. The molecule has 2 atom stereocenters. The number of nitrogens with one attached hydrogen (secondary N) is 3. The molecule has 0 radical (unpaired) electrons. The summed E-state index contributed by atoms with van der Waals surface area (Å²) in [5, 5.41) is 14.8. The van der Waals surface area contributed by atoms with Gasteiger partial charge in [-0.3, -0.25) is 19.6 Å². The smallest absolute Gasteiger partial charge is 0.247 e. The molecule has 0 aliphatic heterocycles. The molecule has 1 aliphatic rings. The maximum absolute atomic E-state index is 13.4. The fourth-order valence-electron chi connectivity index (χ4n) is 4.91. The highest BCUT2D eigenvalue weighted by Gasteiger charge is 2.30. The van der Waals surface area contributed by atoms with Gasteiger partial charge < -0.3 is 10.6 Å². The van der Waals surface area contributed by atoms with Gasteiger partial charge in [-0.05, 0) is 52.1 Å². The molecule has 37 heavy (non-hydrogen) atoms. The number of hydrogen-bond donors (Lipinski definition) is 4. The van der Waals surface area contributed by atoms with Gasteiger partial charge in [-0.25, -0.2) is 5.48 Å². The Morgan fingerprint density at radius 2 is 1.57 bits per heavy atom. The van der Waals surface area contributed by atoms with Crippen LogP contribution in [-0.4, -0.2) is 22.9 Å². The summed E-state index contributed by atoms with van der Waals surface area (Å²) in [6.45, 7) is 4.24. The molecule has 192 valence electrons. The zero-order valence-corrected chi connectivity index (χ0v) is 21.2. The van der Waals surface area contributed by atoms with E-state index < -0.39 is 23.8 Å². The van der Waals surface area contributed by atoms with Crippen LogP contribution in [0.15, 0.2) is 72.8 Å². The summed E-state index contributed by atoms with van der Waals surface area (Å²) in [4.78, 5) is 38.7. The first-order valence-electron chi connectivity index (χ1n) is 12.6. The van der Waals surface area contributed by atoms with Crippen molar-refractivity contribution in [2.75, 3.05) is 0 Å². The Morgan fingerprint density at radius 1 is 0.865 bits per heavy atom. The SMILES string of the molecule is CC(C)C[C@H](CC(=O)NO)C(=O)NC(C(=O)NCc1ccccc1)c1ccc2c(c1)Cc1ccccc1-2. The van der Waals surface area contributed by atoms with Gasteiger partial charge in [0.1, 0.15) is 6.04 Å². The molecule has 1 unspecified atom stereocenters. The minimum absolute atomic E-state index is 0.145. The van der Waals surface area contributed by atoms with Crippen LogP contribution in [0.25, 0.3) is 11.1 Å². The molecule has 7 nitrogen and oxygen atoms in total. The van der Waals surface area contributed by atoms with Crippen LogP contribution in [0, 0.1) is 11.8 Å². The Morgan fingerprint density at radius 3 is 2.30 bits per heavy atom. The number of carbonyl (C=O) groups is 3. The molecule has 0 aromatic heterocycles. The van der Waals surface area contributed by atoms with Crippen molar-refractivity contribution in [3.8, 4) is 11.1 Å². The lowest BCUT2D eigenvalue weighted by Gasteiger charge is -2.24. The molecule has 0 saturated heterocycles. The molecule has 4 rings (SSSR count). The summed E-state index contributed by atoms with van der Waals surface area (Å²) in [5.41, 5.74) is 7.89. The van der Waals surface area contributed by atoms with E-state index >= 15 is 0 Å². The van der Waals surface area contributed by atoms with E-state index in [9.17, 15) is 14.4 Å². The van der Waals surface area contributed by atoms with Crippen molar-refractivity contribution in [2.24, 2.45) is 11.8 Å². The molecule has 1 aliphatic carbocycles. The van der Waals surface area contributed by atoms with Crippen LogP contribution in [-0.2, 0) is 27.3 Å². The van der Waals surface area contributed by atoms with Crippen LogP contribution in [0.2, 0.25) is 0 Å². The average Bonchev–Trinajstić information content (AvgIpc) is 3.28. The topological polar surface area (TPSA) is 108 Å². The van der Waals surface area contributed by atoms with Crippen molar-refractivity contribution in [1.82, 2.24) is 16.1 Å². The zero-order valence-electron chi connectivity index (χ0n) is 21.2. The van der Waals surface area contributed by atoms with Crippen LogP contribution < -0.4 is 16.1 Å². The van der Waals surface area contributed by atoms with Gasteiger partial charge >= 0.3 is 0 Å². The molecule has 0 heterocycles. The third-order valence-corrected chi connectivity index (χ3v) is 6.69. The molecule has 3 aromatic rings. The van der Waals surface area contributed by atoms with E-state index in [1.54, 1.807) is 5.48 Å². The molecule has 0 fully saturated rings. The molecule has 3 amide bonds. The van der Waals surface area contributed by atoms with E-state index in [1.807, 2.05) is 74.5 Å². The van der Waals surface area contributed by atoms with Gasteiger partial charge in [-0.1, -0.05) is 86.6 Å². The van der Waals surface area contributed by atoms with Crippen molar-refractivity contribution < 1.29 is 19.6 Å². The van der Waals surface area contributed by atoms with E-state index in [1.165, 1.54) is 11.1 Å². The van der Waals surface area contributed by atoms with E-state index in [0.29, 0.717) is 18.5 Å². The first kappa shape index (κ1) is 26.1. The van der Waals surface area contributed by atoms with Gasteiger partial charge in [-0.2, -0.15) is 0 Å². The van der Waals surface area contributed by atoms with E-state index in [0.717, 1.165) is 23.1 Å². The maximum atomic E-state index is 13.4. The predicted octanol–water partition coefficient (Wildman–Crippen LogP) is 4.29. The van der Waals surface area contributed by atoms with Crippen molar-refractivity contribution in [3.63, 3.8) is 0 Å². The Labute approximate surface area is 217 Å². The van der Waals surface area contributed by atoms with Crippen molar-refractivity contribution >= 4 is 17.7 Å². The second kappa shape index (κ2) is 11.8. The average molecular weight is 500 g/mol. The third kappa shape index (κ3) is 6.43. The number of carbonyl (C=O) groups excluding carboxylic acids is 3. The second-order valence-electron chi connectivity index (χ2n) is 9.96. The van der Waals surface area contributed by atoms with Crippen molar-refractivity contribution in [1.29, 1.82) is 0 Å². The number of benzene rings is 3. The number of amides is 3. The molecular formula is C30H33N3O4. The fraction of sp³-hybridized carbons (Fsp3) is 0.300. The number of hydroxylamine groups is 1. The second-order valence-corrected chi connectivity index (χ2v) is 9.96. The predicted molar refractivity (Wildman–Crippen MR) is 141 cm³/mol. The number of hydrogen-bond acceptors (Lipinski definition) is 4. The van der Waals surface area contributed by atoms with Gasteiger partial charge in [0.25, 0.3) is 0 Å². The minimum Gasteiger partial charge on any atom is -0.350 e. The first-order valence-corrected chi connectivity index (χ1v) is 12.6. The fourth-order valence-corrected chi connectivity index (χ4v) is 4.91. The van der Waals surface area contributed by atoms with Crippen molar-refractivity contribution in [2.45, 2.75) is 45.7 Å². The molecule has 0 saturated carbocycles. The summed E-state index contributed by atoms with van der Waals surface area (Å²) in [6, 6.07) is 22.7. The quantitative estimate of drug-likeness (QED) is 0.193. The highest BCUT2D eigenvalue weighted by molar-refractivity contribution is 5.91. The van der Waals surface area contributed by atoms with Crippen molar-refractivity contribution in [3.05, 3.63) is 95.1 Å². The third-order valence-electron chi connectivity index (χ3n) is 6.69. The normalized spacial score (nSPS) is 13.3. The summed E-state index contributed by atoms with van der Waals surface area (Å²) in [7, 11) is 0. The van der Waals surface area contributed by atoms with Gasteiger partial charge in [0, 0.05) is 18.9 Å². The van der Waals surface area contributed by atoms with Crippen LogP contribution in [0.5, 0.6) is 0 Å². The van der Waals surface area contributed by atoms with Gasteiger partial charge in [0.05, 0.1) is 0 Å². The lowest BCUT2D eigenvalue weighted by molar-refractivity contribution is -0.136. The van der Waals surface area contributed by atoms with Crippen LogP contribution in [0.4, 0.5) is 0 Å². The zero-order chi connectivity index (χ0) is 26.4. The molecule has 3 aromatic carbocycles. The Kier molecular flexibility index (Phi) is 8.36.